The van der Waals surface area contributed by atoms with E-state index in [2.05, 4.69) is 6.92 Å². The fourth-order valence-corrected chi connectivity index (χ4v) is 4.19. The van der Waals surface area contributed by atoms with Crippen LogP contribution in [0.15, 0.2) is 60.7 Å². The lowest BCUT2D eigenvalue weighted by molar-refractivity contribution is -0.172. The van der Waals surface area contributed by atoms with E-state index in [9.17, 15) is 9.59 Å². The first-order valence-electron chi connectivity index (χ1n) is 10.2. The van der Waals surface area contributed by atoms with E-state index in [-0.39, 0.29) is 24.7 Å². The van der Waals surface area contributed by atoms with Crippen LogP contribution in [-0.2, 0) is 20.9 Å². The Morgan fingerprint density at radius 1 is 1.07 bits per heavy atom. The van der Waals surface area contributed by atoms with Gasteiger partial charge in [-0.3, -0.25) is 9.63 Å². The zero-order chi connectivity index (χ0) is 20.2. The highest BCUT2D eigenvalue weighted by atomic mass is 16.7. The largest absolute Gasteiger partial charge is 0.447 e. The van der Waals surface area contributed by atoms with Gasteiger partial charge >= 0.3 is 6.09 Å². The molecule has 3 atom stereocenters. The van der Waals surface area contributed by atoms with Crippen LogP contribution in [0.5, 0.6) is 0 Å². The highest BCUT2D eigenvalue weighted by molar-refractivity contribution is 5.95. The number of imide groups is 1. The van der Waals surface area contributed by atoms with Gasteiger partial charge in [0.2, 0.25) is 5.91 Å². The van der Waals surface area contributed by atoms with E-state index in [1.54, 1.807) is 0 Å². The molecular weight excluding hydrogens is 368 g/mol. The molecule has 2 heterocycles. The van der Waals surface area contributed by atoms with E-state index < -0.39 is 12.0 Å². The number of rotatable bonds is 6. The van der Waals surface area contributed by atoms with Crippen LogP contribution in [0.1, 0.15) is 36.9 Å². The van der Waals surface area contributed by atoms with Gasteiger partial charge in [0.25, 0.3) is 0 Å². The summed E-state index contributed by atoms with van der Waals surface area (Å²) in [6.45, 7) is 3.19. The van der Waals surface area contributed by atoms with E-state index >= 15 is 0 Å². The Labute approximate surface area is 171 Å². The third-order valence-electron chi connectivity index (χ3n) is 5.53. The van der Waals surface area contributed by atoms with E-state index in [1.807, 2.05) is 65.7 Å². The summed E-state index contributed by atoms with van der Waals surface area (Å²) in [5.74, 6) is -0.679. The topological polar surface area (TPSA) is 59.1 Å². The molecule has 2 aromatic carbocycles. The lowest BCUT2D eigenvalue weighted by Gasteiger charge is -2.27. The van der Waals surface area contributed by atoms with Gasteiger partial charge in [-0.1, -0.05) is 74.0 Å². The molecule has 2 saturated heterocycles. The molecule has 29 heavy (non-hydrogen) atoms. The molecule has 2 aliphatic heterocycles. The number of ether oxygens (including phenoxy) is 1. The second-order valence-electron chi connectivity index (χ2n) is 7.48. The standard InChI is InChI=1S/C23H26N2O4/c1-2-9-19-20(22(26)24-14-15-28-23(24)27)21(18-12-7-4-8-13-18)25(29-19)16-17-10-5-3-6-11-17/h3-8,10-13,19-21H,2,9,14-16H2,1H3/t19-,20-,21-/m1/s1. The van der Waals surface area contributed by atoms with Crippen molar-refractivity contribution in [1.29, 1.82) is 0 Å². The van der Waals surface area contributed by atoms with E-state index in [4.69, 9.17) is 9.57 Å². The molecule has 0 saturated carbocycles. The molecule has 0 bridgehead atoms. The molecular formula is C23H26N2O4. The molecule has 6 heteroatoms. The van der Waals surface area contributed by atoms with Crippen molar-refractivity contribution >= 4 is 12.0 Å². The lowest BCUT2D eigenvalue weighted by Crippen LogP contribution is -2.42. The SMILES string of the molecule is CCC[C@H]1ON(Cc2ccccc2)[C@H](c2ccccc2)[C@@H]1C(=O)N1CCOC1=O. The van der Waals surface area contributed by atoms with E-state index in [1.165, 1.54) is 4.90 Å². The number of benzene rings is 2. The Balaban J connectivity index is 1.70. The summed E-state index contributed by atoms with van der Waals surface area (Å²) in [5.41, 5.74) is 2.12. The number of hydrogen-bond acceptors (Lipinski definition) is 5. The number of carbonyl (C=O) groups is 2. The number of nitrogens with zero attached hydrogens (tertiary/aromatic N) is 2. The molecule has 152 valence electrons. The molecule has 6 nitrogen and oxygen atoms in total. The molecule has 0 radical (unpaired) electrons. The van der Waals surface area contributed by atoms with Gasteiger partial charge in [0.1, 0.15) is 6.61 Å². The minimum atomic E-state index is -0.557. The van der Waals surface area contributed by atoms with E-state index in [0.717, 1.165) is 24.0 Å². The van der Waals surface area contributed by atoms with Gasteiger partial charge in [0.05, 0.1) is 24.6 Å². The van der Waals surface area contributed by atoms with Crippen LogP contribution in [0.25, 0.3) is 0 Å². The number of amides is 2. The average molecular weight is 394 g/mol. The molecule has 0 unspecified atom stereocenters. The molecule has 0 aromatic heterocycles. The maximum absolute atomic E-state index is 13.4. The third-order valence-corrected chi connectivity index (χ3v) is 5.53. The molecule has 0 aliphatic carbocycles. The Morgan fingerprint density at radius 3 is 2.38 bits per heavy atom. The van der Waals surface area contributed by atoms with Gasteiger partial charge in [-0.25, -0.2) is 9.69 Å². The second-order valence-corrected chi connectivity index (χ2v) is 7.48. The van der Waals surface area contributed by atoms with Crippen molar-refractivity contribution in [3.05, 3.63) is 71.8 Å². The predicted octanol–water partition coefficient (Wildman–Crippen LogP) is 3.94. The van der Waals surface area contributed by atoms with Gasteiger partial charge in [-0.05, 0) is 17.5 Å². The summed E-state index contributed by atoms with van der Waals surface area (Å²) < 4.78 is 5.02. The zero-order valence-electron chi connectivity index (χ0n) is 16.6. The first kappa shape index (κ1) is 19.6. The summed E-state index contributed by atoms with van der Waals surface area (Å²) in [4.78, 5) is 33.1. The summed E-state index contributed by atoms with van der Waals surface area (Å²) in [5, 5.41) is 1.91. The van der Waals surface area contributed by atoms with Crippen molar-refractivity contribution in [3.63, 3.8) is 0 Å². The molecule has 4 rings (SSSR count). The summed E-state index contributed by atoms with van der Waals surface area (Å²) >= 11 is 0. The monoisotopic (exact) mass is 394 g/mol. The van der Waals surface area contributed by atoms with Crippen LogP contribution in [0.2, 0.25) is 0 Å². The molecule has 0 spiro atoms. The summed E-state index contributed by atoms with van der Waals surface area (Å²) in [6, 6.07) is 19.7. The van der Waals surface area contributed by atoms with Crippen LogP contribution >= 0.6 is 0 Å². The fourth-order valence-electron chi connectivity index (χ4n) is 4.19. The summed E-state index contributed by atoms with van der Waals surface area (Å²) in [6.07, 6.45) is 0.793. The minimum Gasteiger partial charge on any atom is -0.447 e. The quantitative estimate of drug-likeness (QED) is 0.743. The Hall–Kier alpha value is -2.70. The van der Waals surface area contributed by atoms with Gasteiger partial charge in [-0.2, -0.15) is 5.06 Å². The van der Waals surface area contributed by atoms with Crippen molar-refractivity contribution in [3.8, 4) is 0 Å². The first-order valence-corrected chi connectivity index (χ1v) is 10.2. The van der Waals surface area contributed by atoms with Gasteiger partial charge in [0.15, 0.2) is 0 Å². The Kier molecular flexibility index (Phi) is 5.92. The normalized spacial score (nSPS) is 24.7. The van der Waals surface area contributed by atoms with Gasteiger partial charge < -0.3 is 4.74 Å². The smallest absolute Gasteiger partial charge is 0.416 e. The Bertz CT molecular complexity index is 842. The second kappa shape index (κ2) is 8.76. The number of carbonyl (C=O) groups excluding carboxylic acids is 2. The summed E-state index contributed by atoms with van der Waals surface area (Å²) in [7, 11) is 0. The maximum atomic E-state index is 13.4. The van der Waals surface area contributed by atoms with Crippen molar-refractivity contribution in [2.75, 3.05) is 13.2 Å². The minimum absolute atomic E-state index is 0.213. The highest BCUT2D eigenvalue weighted by Crippen LogP contribution is 2.43. The fraction of sp³-hybridized carbons (Fsp3) is 0.391. The van der Waals surface area contributed by atoms with E-state index in [0.29, 0.717) is 13.1 Å². The highest BCUT2D eigenvalue weighted by Gasteiger charge is 2.50. The van der Waals surface area contributed by atoms with Crippen molar-refractivity contribution in [1.82, 2.24) is 9.96 Å². The predicted molar refractivity (Wildman–Crippen MR) is 108 cm³/mol. The third kappa shape index (κ3) is 4.04. The number of cyclic esters (lactones) is 1. The number of hydrogen-bond donors (Lipinski definition) is 0. The van der Waals surface area contributed by atoms with Crippen molar-refractivity contribution in [2.24, 2.45) is 5.92 Å². The van der Waals surface area contributed by atoms with Crippen LogP contribution < -0.4 is 0 Å². The molecule has 2 amide bonds. The Morgan fingerprint density at radius 2 is 1.76 bits per heavy atom. The van der Waals surface area contributed by atoms with Crippen LogP contribution in [0.3, 0.4) is 0 Å². The number of hydroxylamine groups is 2. The molecule has 2 aliphatic rings. The molecule has 2 fully saturated rings. The molecule has 2 aromatic rings. The van der Waals surface area contributed by atoms with Crippen molar-refractivity contribution in [2.45, 2.75) is 38.5 Å². The van der Waals surface area contributed by atoms with Gasteiger partial charge in [-0.15, -0.1) is 0 Å². The first-order chi connectivity index (χ1) is 14.2. The van der Waals surface area contributed by atoms with Gasteiger partial charge in [0, 0.05) is 6.54 Å². The van der Waals surface area contributed by atoms with Crippen molar-refractivity contribution < 1.29 is 19.2 Å². The lowest BCUT2D eigenvalue weighted by atomic mass is 9.86. The van der Waals surface area contributed by atoms with Crippen LogP contribution in [-0.4, -0.2) is 41.2 Å². The average Bonchev–Trinajstić information content (AvgIpc) is 3.33. The zero-order valence-corrected chi connectivity index (χ0v) is 16.6. The van der Waals surface area contributed by atoms with Crippen LogP contribution in [0.4, 0.5) is 4.79 Å². The maximum Gasteiger partial charge on any atom is 0.416 e. The molecule has 0 N–H and O–H groups in total. The van der Waals surface area contributed by atoms with Crippen LogP contribution in [0, 0.1) is 5.92 Å².